The summed E-state index contributed by atoms with van der Waals surface area (Å²) < 4.78 is 41.2. The summed E-state index contributed by atoms with van der Waals surface area (Å²) in [5.41, 5.74) is 2.65. The molecule has 6 rings (SSSR count). The van der Waals surface area contributed by atoms with Crippen LogP contribution in [0.25, 0.3) is 0 Å². The molecule has 1 saturated heterocycles. The first kappa shape index (κ1) is 27.6. The number of rotatable bonds is 9. The molecule has 3 N–H and O–H groups in total. The summed E-state index contributed by atoms with van der Waals surface area (Å²) in [6, 6.07) is 3.23. The van der Waals surface area contributed by atoms with Gasteiger partial charge in [-0.2, -0.15) is 18.3 Å². The van der Waals surface area contributed by atoms with E-state index in [2.05, 4.69) is 15.7 Å². The van der Waals surface area contributed by atoms with Gasteiger partial charge in [0.05, 0.1) is 12.6 Å². The van der Waals surface area contributed by atoms with E-state index < -0.39 is 36.9 Å². The molecule has 0 radical (unpaired) electrons. The molecule has 2 saturated carbocycles. The third-order valence-corrected chi connectivity index (χ3v) is 8.84. The molecule has 3 aliphatic carbocycles. The zero-order valence-corrected chi connectivity index (χ0v) is 23.1. The van der Waals surface area contributed by atoms with Crippen molar-refractivity contribution in [3.63, 3.8) is 0 Å². The van der Waals surface area contributed by atoms with Crippen LogP contribution in [0, 0.1) is 17.8 Å². The lowest BCUT2D eigenvalue weighted by Gasteiger charge is -2.28. The van der Waals surface area contributed by atoms with E-state index in [4.69, 9.17) is 0 Å². The molecule has 220 valence electrons. The second-order valence-corrected chi connectivity index (χ2v) is 12.1. The zero-order chi connectivity index (χ0) is 29.1. The number of aromatic nitrogens is 2. The maximum Gasteiger partial charge on any atom is 0.410 e. The van der Waals surface area contributed by atoms with Crippen molar-refractivity contribution < 1.29 is 27.6 Å². The first-order valence-corrected chi connectivity index (χ1v) is 14.4. The SMILES string of the molecule is CC(C)n1nccc1C(=O)N[C@H](C(=O)Nc1ccc2c(c1)CC[C@H]2N1C[C@@H](C(F)(F)F)NC1=O)C(C1CC1)C1CC1. The molecule has 0 spiro atoms. The van der Waals surface area contributed by atoms with Crippen molar-refractivity contribution in [1.82, 2.24) is 25.3 Å². The Morgan fingerprint density at radius 2 is 1.78 bits per heavy atom. The summed E-state index contributed by atoms with van der Waals surface area (Å²) in [6.45, 7) is 3.45. The van der Waals surface area contributed by atoms with Gasteiger partial charge in [-0.05, 0) is 99.5 Å². The van der Waals surface area contributed by atoms with Crippen LogP contribution >= 0.6 is 0 Å². The number of nitrogens with zero attached hydrogens (tertiary/aromatic N) is 3. The molecule has 3 atom stereocenters. The van der Waals surface area contributed by atoms with Crippen molar-refractivity contribution >= 4 is 23.5 Å². The third kappa shape index (κ3) is 5.52. The predicted molar refractivity (Wildman–Crippen MR) is 144 cm³/mol. The van der Waals surface area contributed by atoms with Gasteiger partial charge in [-0.1, -0.05) is 6.07 Å². The van der Waals surface area contributed by atoms with Gasteiger partial charge in [0.15, 0.2) is 0 Å². The fourth-order valence-electron chi connectivity index (χ4n) is 6.58. The van der Waals surface area contributed by atoms with E-state index in [1.165, 1.54) is 4.90 Å². The molecule has 3 fully saturated rings. The van der Waals surface area contributed by atoms with Gasteiger partial charge in [-0.3, -0.25) is 14.3 Å². The number of aryl methyl sites for hydroxylation is 1. The van der Waals surface area contributed by atoms with Crippen LogP contribution in [-0.4, -0.2) is 57.3 Å². The van der Waals surface area contributed by atoms with E-state index in [1.807, 2.05) is 25.2 Å². The van der Waals surface area contributed by atoms with E-state index in [9.17, 15) is 27.6 Å². The number of nitrogens with one attached hydrogen (secondary N) is 3. The van der Waals surface area contributed by atoms with E-state index in [0.717, 1.165) is 36.8 Å². The predicted octanol–water partition coefficient (Wildman–Crippen LogP) is 4.58. The molecule has 9 nitrogen and oxygen atoms in total. The van der Waals surface area contributed by atoms with Crippen LogP contribution in [-0.2, 0) is 11.2 Å². The Morgan fingerprint density at radius 1 is 1.07 bits per heavy atom. The van der Waals surface area contributed by atoms with Crippen molar-refractivity contribution in [2.45, 2.75) is 82.7 Å². The molecule has 4 aliphatic rings. The summed E-state index contributed by atoms with van der Waals surface area (Å²) in [5, 5.41) is 12.3. The van der Waals surface area contributed by atoms with Gasteiger partial charge in [0, 0.05) is 17.9 Å². The Labute approximate surface area is 236 Å². The number of benzene rings is 1. The molecule has 2 aromatic rings. The normalized spacial score (nSPS) is 23.1. The van der Waals surface area contributed by atoms with Crippen molar-refractivity contribution in [3.8, 4) is 0 Å². The van der Waals surface area contributed by atoms with Gasteiger partial charge in [0.1, 0.15) is 17.8 Å². The quantitative estimate of drug-likeness (QED) is 0.409. The van der Waals surface area contributed by atoms with E-state index in [0.29, 0.717) is 36.1 Å². The third-order valence-electron chi connectivity index (χ3n) is 8.84. The number of urea groups is 1. The minimum absolute atomic E-state index is 0.0121. The zero-order valence-electron chi connectivity index (χ0n) is 23.1. The van der Waals surface area contributed by atoms with Crippen molar-refractivity contribution in [3.05, 3.63) is 47.3 Å². The van der Waals surface area contributed by atoms with Crippen LogP contribution < -0.4 is 16.0 Å². The smallest absolute Gasteiger partial charge is 0.339 e. The number of hydrogen-bond acceptors (Lipinski definition) is 4. The second-order valence-electron chi connectivity index (χ2n) is 12.1. The number of alkyl halides is 3. The Balaban J connectivity index is 1.19. The van der Waals surface area contributed by atoms with Gasteiger partial charge in [-0.25, -0.2) is 4.79 Å². The minimum atomic E-state index is -4.50. The van der Waals surface area contributed by atoms with Crippen molar-refractivity contribution in [1.29, 1.82) is 0 Å². The highest BCUT2D eigenvalue weighted by Crippen LogP contribution is 2.51. The molecule has 4 amide bonds. The summed E-state index contributed by atoms with van der Waals surface area (Å²) in [4.78, 5) is 40.7. The molecule has 0 unspecified atom stereocenters. The topological polar surface area (TPSA) is 108 Å². The maximum atomic E-state index is 13.8. The molecule has 1 aromatic carbocycles. The molecular formula is C29H35F3N6O3. The lowest BCUT2D eigenvalue weighted by molar-refractivity contribution is -0.150. The first-order chi connectivity index (χ1) is 19.5. The number of halogens is 3. The molecule has 41 heavy (non-hydrogen) atoms. The van der Waals surface area contributed by atoms with Crippen molar-refractivity contribution in [2.24, 2.45) is 17.8 Å². The number of amides is 4. The van der Waals surface area contributed by atoms with Gasteiger partial charge < -0.3 is 20.9 Å². The summed E-state index contributed by atoms with van der Waals surface area (Å²) >= 11 is 0. The lowest BCUT2D eigenvalue weighted by Crippen LogP contribution is -2.50. The highest BCUT2D eigenvalue weighted by atomic mass is 19.4. The lowest BCUT2D eigenvalue weighted by atomic mass is 9.88. The molecule has 12 heteroatoms. The largest absolute Gasteiger partial charge is 0.410 e. The van der Waals surface area contributed by atoms with E-state index >= 15 is 0 Å². The fraction of sp³-hybridized carbons (Fsp3) is 0.586. The highest BCUT2D eigenvalue weighted by Gasteiger charge is 2.50. The molecule has 2 heterocycles. The van der Waals surface area contributed by atoms with Crippen LogP contribution in [0.4, 0.5) is 23.7 Å². The Bertz CT molecular complexity index is 1340. The maximum absolute atomic E-state index is 13.8. The number of anilines is 1. The monoisotopic (exact) mass is 572 g/mol. The molecule has 0 bridgehead atoms. The number of hydrogen-bond donors (Lipinski definition) is 3. The molecular weight excluding hydrogens is 537 g/mol. The molecule has 1 aliphatic heterocycles. The first-order valence-electron chi connectivity index (χ1n) is 14.4. The standard InChI is InChI=1S/C29H35F3N6O3/c1-15(2)38-22(11-12-33-38)26(39)36-25(24(16-3-4-16)17-5-6-17)27(40)34-19-8-9-20-18(13-19)7-10-21(20)37-14-23(29(30,31)32)35-28(37)41/h8-9,11-13,15-17,21,23-25H,3-7,10,14H2,1-2H3,(H,34,40)(H,35,41)(H,36,39)/t21-,23+,25+/m1/s1. The van der Waals surface area contributed by atoms with Crippen LogP contribution in [0.5, 0.6) is 0 Å². The minimum Gasteiger partial charge on any atom is -0.339 e. The molecule has 1 aromatic heterocycles. The van der Waals surface area contributed by atoms with Crippen LogP contribution in [0.2, 0.25) is 0 Å². The van der Waals surface area contributed by atoms with Crippen LogP contribution in [0.3, 0.4) is 0 Å². The summed E-state index contributed by atoms with van der Waals surface area (Å²) in [6.07, 6.45) is 2.35. The van der Waals surface area contributed by atoms with Crippen LogP contribution in [0.1, 0.15) is 79.7 Å². The number of carbonyl (C=O) groups is 3. The highest BCUT2D eigenvalue weighted by molar-refractivity contribution is 6.01. The van der Waals surface area contributed by atoms with Crippen molar-refractivity contribution in [2.75, 3.05) is 11.9 Å². The Kier molecular flexibility index (Phi) is 6.97. The summed E-state index contributed by atoms with van der Waals surface area (Å²) in [7, 11) is 0. The van der Waals surface area contributed by atoms with E-state index in [-0.39, 0.29) is 23.8 Å². The second kappa shape index (κ2) is 10.4. The fourth-order valence-corrected chi connectivity index (χ4v) is 6.58. The van der Waals surface area contributed by atoms with Gasteiger partial charge in [-0.15, -0.1) is 0 Å². The van der Waals surface area contributed by atoms with E-state index in [1.54, 1.807) is 29.1 Å². The van der Waals surface area contributed by atoms with Gasteiger partial charge in [0.25, 0.3) is 5.91 Å². The van der Waals surface area contributed by atoms with Crippen LogP contribution in [0.15, 0.2) is 30.5 Å². The van der Waals surface area contributed by atoms with Gasteiger partial charge in [0.2, 0.25) is 5.91 Å². The number of fused-ring (bicyclic) bond motifs is 1. The number of carbonyl (C=O) groups excluding carboxylic acids is 3. The average Bonchev–Trinajstić information content (AvgIpc) is 3.79. The Hall–Kier alpha value is -3.57. The average molecular weight is 573 g/mol. The summed E-state index contributed by atoms with van der Waals surface area (Å²) in [5.74, 6) is 0.256. The van der Waals surface area contributed by atoms with Gasteiger partial charge >= 0.3 is 12.2 Å². The Morgan fingerprint density at radius 3 is 2.39 bits per heavy atom.